The number of nitrogens with one attached hydrogen (secondary N) is 1. The van der Waals surface area contributed by atoms with Crippen molar-refractivity contribution in [1.82, 2.24) is 10.3 Å². The summed E-state index contributed by atoms with van der Waals surface area (Å²) in [7, 11) is 0. The average Bonchev–Trinajstić information content (AvgIpc) is 2.26. The first-order valence-electron chi connectivity index (χ1n) is 4.49. The predicted molar refractivity (Wildman–Crippen MR) is 56.4 cm³/mol. The SMILES string of the molecule is CCC(C#N)NC(=O)c1cnccc1Cl. The van der Waals surface area contributed by atoms with Gasteiger partial charge in [0.15, 0.2) is 0 Å². The second kappa shape index (κ2) is 5.32. The molecule has 1 N–H and O–H groups in total. The lowest BCUT2D eigenvalue weighted by atomic mass is 10.2. The standard InChI is InChI=1S/C10H10ClN3O/c1-2-7(5-12)14-10(15)8-6-13-4-3-9(8)11/h3-4,6-7H,2H2,1H3,(H,14,15). The Morgan fingerprint density at radius 1 is 1.80 bits per heavy atom. The van der Waals surface area contributed by atoms with Crippen LogP contribution in [0.1, 0.15) is 23.7 Å². The van der Waals surface area contributed by atoms with Crippen LogP contribution in [0.25, 0.3) is 0 Å². The average molecular weight is 224 g/mol. The molecule has 0 bridgehead atoms. The van der Waals surface area contributed by atoms with Crippen molar-refractivity contribution in [3.05, 3.63) is 29.0 Å². The summed E-state index contributed by atoms with van der Waals surface area (Å²) in [6.07, 6.45) is 3.43. The van der Waals surface area contributed by atoms with Gasteiger partial charge in [-0.2, -0.15) is 5.26 Å². The van der Waals surface area contributed by atoms with Gasteiger partial charge in [-0.05, 0) is 12.5 Å². The lowest BCUT2D eigenvalue weighted by Crippen LogP contribution is -2.33. The number of carbonyl (C=O) groups excluding carboxylic acids is 1. The number of nitriles is 1. The van der Waals surface area contributed by atoms with E-state index in [1.165, 1.54) is 18.5 Å². The number of hydrogen-bond acceptors (Lipinski definition) is 3. The van der Waals surface area contributed by atoms with Gasteiger partial charge in [0, 0.05) is 12.4 Å². The lowest BCUT2D eigenvalue weighted by Gasteiger charge is -2.09. The van der Waals surface area contributed by atoms with Gasteiger partial charge in [0.25, 0.3) is 5.91 Å². The maximum absolute atomic E-state index is 11.6. The van der Waals surface area contributed by atoms with Crippen LogP contribution in [0.15, 0.2) is 18.5 Å². The minimum absolute atomic E-state index is 0.285. The van der Waals surface area contributed by atoms with Gasteiger partial charge in [-0.15, -0.1) is 0 Å². The summed E-state index contributed by atoms with van der Waals surface area (Å²) in [4.78, 5) is 15.4. The molecule has 1 heterocycles. The maximum atomic E-state index is 11.6. The minimum atomic E-state index is -0.492. The molecule has 4 nitrogen and oxygen atoms in total. The van der Waals surface area contributed by atoms with Crippen LogP contribution >= 0.6 is 11.6 Å². The molecule has 0 radical (unpaired) electrons. The molecule has 1 aromatic rings. The zero-order chi connectivity index (χ0) is 11.3. The molecular formula is C10H10ClN3O. The molecule has 0 aliphatic heterocycles. The van der Waals surface area contributed by atoms with Crippen LogP contribution in [0.4, 0.5) is 0 Å². The molecule has 0 aromatic carbocycles. The maximum Gasteiger partial charge on any atom is 0.255 e. The van der Waals surface area contributed by atoms with E-state index in [0.717, 1.165) is 0 Å². The molecule has 1 rings (SSSR count). The second-order valence-electron chi connectivity index (χ2n) is 2.92. The number of hydrogen-bond donors (Lipinski definition) is 1. The number of nitrogens with zero attached hydrogens (tertiary/aromatic N) is 2. The van der Waals surface area contributed by atoms with Crippen molar-refractivity contribution >= 4 is 17.5 Å². The third-order valence-electron chi connectivity index (χ3n) is 1.88. The van der Waals surface area contributed by atoms with Gasteiger partial charge in [-0.3, -0.25) is 9.78 Å². The van der Waals surface area contributed by atoms with Gasteiger partial charge in [0.2, 0.25) is 0 Å². The van der Waals surface area contributed by atoms with E-state index < -0.39 is 6.04 Å². The summed E-state index contributed by atoms with van der Waals surface area (Å²) in [6, 6.07) is 3.02. The summed E-state index contributed by atoms with van der Waals surface area (Å²) in [6.45, 7) is 1.82. The highest BCUT2D eigenvalue weighted by Gasteiger charge is 2.13. The van der Waals surface area contributed by atoms with E-state index >= 15 is 0 Å². The van der Waals surface area contributed by atoms with Crippen molar-refractivity contribution < 1.29 is 4.79 Å². The molecule has 15 heavy (non-hydrogen) atoms. The Morgan fingerprint density at radius 3 is 3.07 bits per heavy atom. The Hall–Kier alpha value is -1.60. The summed E-state index contributed by atoms with van der Waals surface area (Å²) < 4.78 is 0. The minimum Gasteiger partial charge on any atom is -0.336 e. The van der Waals surface area contributed by atoms with Gasteiger partial charge in [0.1, 0.15) is 6.04 Å². The lowest BCUT2D eigenvalue weighted by molar-refractivity contribution is 0.0944. The molecule has 1 aromatic heterocycles. The largest absolute Gasteiger partial charge is 0.336 e. The Balaban J connectivity index is 2.79. The molecule has 0 saturated carbocycles. The van der Waals surface area contributed by atoms with E-state index in [4.69, 9.17) is 16.9 Å². The van der Waals surface area contributed by atoms with Crippen molar-refractivity contribution in [2.75, 3.05) is 0 Å². The van der Waals surface area contributed by atoms with Gasteiger partial charge >= 0.3 is 0 Å². The highest BCUT2D eigenvalue weighted by atomic mass is 35.5. The van der Waals surface area contributed by atoms with Crippen molar-refractivity contribution in [2.24, 2.45) is 0 Å². The molecule has 5 heteroatoms. The molecule has 0 aliphatic rings. The molecule has 1 unspecified atom stereocenters. The number of rotatable bonds is 3. The third kappa shape index (κ3) is 2.93. The van der Waals surface area contributed by atoms with Gasteiger partial charge in [-0.25, -0.2) is 0 Å². The van der Waals surface area contributed by atoms with Crippen LogP contribution in [0, 0.1) is 11.3 Å². The summed E-state index contributed by atoms with van der Waals surface area (Å²) in [5.41, 5.74) is 0.285. The Kier molecular flexibility index (Phi) is 4.07. The van der Waals surface area contributed by atoms with E-state index in [1.807, 2.05) is 13.0 Å². The third-order valence-corrected chi connectivity index (χ3v) is 2.21. The Morgan fingerprint density at radius 2 is 2.53 bits per heavy atom. The monoisotopic (exact) mass is 223 g/mol. The van der Waals surface area contributed by atoms with Crippen LogP contribution < -0.4 is 5.32 Å². The van der Waals surface area contributed by atoms with Crippen molar-refractivity contribution in [1.29, 1.82) is 5.26 Å². The van der Waals surface area contributed by atoms with Crippen molar-refractivity contribution in [2.45, 2.75) is 19.4 Å². The Bertz CT molecular complexity index is 400. The highest BCUT2D eigenvalue weighted by molar-refractivity contribution is 6.33. The fraction of sp³-hybridized carbons (Fsp3) is 0.300. The van der Waals surface area contributed by atoms with Crippen LogP contribution in [-0.4, -0.2) is 16.9 Å². The highest BCUT2D eigenvalue weighted by Crippen LogP contribution is 2.13. The Labute approximate surface area is 92.9 Å². The van der Waals surface area contributed by atoms with Crippen LogP contribution in [0.5, 0.6) is 0 Å². The molecule has 0 spiro atoms. The number of aromatic nitrogens is 1. The molecular weight excluding hydrogens is 214 g/mol. The van der Waals surface area contributed by atoms with Crippen molar-refractivity contribution in [3.8, 4) is 6.07 Å². The van der Waals surface area contributed by atoms with Gasteiger partial charge in [-0.1, -0.05) is 18.5 Å². The zero-order valence-corrected chi connectivity index (χ0v) is 8.95. The van der Waals surface area contributed by atoms with E-state index in [-0.39, 0.29) is 11.5 Å². The molecule has 78 valence electrons. The summed E-state index contributed by atoms with van der Waals surface area (Å²) >= 11 is 5.81. The molecule has 0 fully saturated rings. The van der Waals surface area contributed by atoms with Gasteiger partial charge in [0.05, 0.1) is 16.7 Å². The van der Waals surface area contributed by atoms with Gasteiger partial charge < -0.3 is 5.32 Å². The molecule has 1 atom stereocenters. The van der Waals surface area contributed by atoms with Crippen LogP contribution in [-0.2, 0) is 0 Å². The van der Waals surface area contributed by atoms with E-state index in [0.29, 0.717) is 11.4 Å². The second-order valence-corrected chi connectivity index (χ2v) is 3.33. The fourth-order valence-corrected chi connectivity index (χ4v) is 1.20. The topological polar surface area (TPSA) is 65.8 Å². The first kappa shape index (κ1) is 11.5. The quantitative estimate of drug-likeness (QED) is 0.849. The van der Waals surface area contributed by atoms with E-state index in [9.17, 15) is 4.79 Å². The van der Waals surface area contributed by atoms with Crippen LogP contribution in [0.3, 0.4) is 0 Å². The molecule has 0 saturated heterocycles. The molecule has 0 aliphatic carbocycles. The first-order valence-corrected chi connectivity index (χ1v) is 4.86. The normalized spacial score (nSPS) is 11.5. The summed E-state index contributed by atoms with van der Waals surface area (Å²) in [5, 5.41) is 11.6. The number of halogens is 1. The first-order chi connectivity index (χ1) is 7.19. The number of pyridine rings is 1. The van der Waals surface area contributed by atoms with Crippen molar-refractivity contribution in [3.63, 3.8) is 0 Å². The fourth-order valence-electron chi connectivity index (χ4n) is 1.01. The van der Waals surface area contributed by atoms with Crippen LogP contribution in [0.2, 0.25) is 5.02 Å². The van der Waals surface area contributed by atoms with E-state index in [2.05, 4.69) is 10.3 Å². The zero-order valence-electron chi connectivity index (χ0n) is 8.20. The smallest absolute Gasteiger partial charge is 0.255 e. The predicted octanol–water partition coefficient (Wildman–Crippen LogP) is 1.77. The number of carbonyl (C=O) groups is 1. The summed E-state index contributed by atoms with van der Waals surface area (Å²) in [5.74, 6) is -0.374. The molecule has 1 amide bonds. The van der Waals surface area contributed by atoms with E-state index in [1.54, 1.807) is 0 Å². The number of amides is 1.